The number of aromatic amines is 1. The molecule has 1 amide bonds. The summed E-state index contributed by atoms with van der Waals surface area (Å²) in [5.41, 5.74) is 5.73. The maximum atomic E-state index is 13.5. The maximum Gasteiger partial charge on any atom is 0.260 e. The molecule has 0 saturated heterocycles. The summed E-state index contributed by atoms with van der Waals surface area (Å²) >= 11 is 3.11. The third kappa shape index (κ3) is 2.28. The number of halogens is 2. The molecule has 17 heavy (non-hydrogen) atoms. The van der Waals surface area contributed by atoms with E-state index in [2.05, 4.69) is 31.4 Å². The number of nitrogens with two attached hydrogens (primary N) is 1. The van der Waals surface area contributed by atoms with Crippen molar-refractivity contribution in [2.24, 2.45) is 0 Å². The van der Waals surface area contributed by atoms with Crippen LogP contribution in [0.3, 0.4) is 0 Å². The quantitative estimate of drug-likeness (QED) is 0.794. The number of hydrogen-bond acceptors (Lipinski definition) is 3. The topological polar surface area (TPSA) is 83.8 Å². The standard InChI is InChI=1S/C10H8BrFN4O/c11-5-2-1-3-6(12)8(5)10(17)15-9-7(13)4-14-16-9/h1-4H,13H2,(H2,14,15,16,17). The molecule has 0 spiro atoms. The highest BCUT2D eigenvalue weighted by Gasteiger charge is 2.16. The van der Waals surface area contributed by atoms with Crippen LogP contribution in [-0.4, -0.2) is 16.1 Å². The van der Waals surface area contributed by atoms with E-state index >= 15 is 0 Å². The van der Waals surface area contributed by atoms with Crippen LogP contribution in [0.2, 0.25) is 0 Å². The lowest BCUT2D eigenvalue weighted by atomic mass is 10.2. The van der Waals surface area contributed by atoms with E-state index in [1.165, 1.54) is 18.3 Å². The molecule has 1 aromatic carbocycles. The van der Waals surface area contributed by atoms with Crippen molar-refractivity contribution in [3.05, 3.63) is 40.2 Å². The van der Waals surface area contributed by atoms with Gasteiger partial charge in [-0.2, -0.15) is 5.10 Å². The number of nitrogen functional groups attached to an aromatic ring is 1. The van der Waals surface area contributed by atoms with Crippen molar-refractivity contribution in [3.8, 4) is 0 Å². The first kappa shape index (κ1) is 11.6. The molecule has 0 radical (unpaired) electrons. The molecule has 7 heteroatoms. The third-order valence-electron chi connectivity index (χ3n) is 2.10. The van der Waals surface area contributed by atoms with Crippen LogP contribution >= 0.6 is 15.9 Å². The van der Waals surface area contributed by atoms with Gasteiger partial charge in [0.05, 0.1) is 17.4 Å². The third-order valence-corrected chi connectivity index (χ3v) is 2.76. The number of aromatic nitrogens is 2. The van der Waals surface area contributed by atoms with Crippen LogP contribution in [0.5, 0.6) is 0 Å². The molecule has 0 fully saturated rings. The monoisotopic (exact) mass is 298 g/mol. The Labute approximate surface area is 104 Å². The highest BCUT2D eigenvalue weighted by atomic mass is 79.9. The first-order valence-corrected chi connectivity index (χ1v) is 5.43. The lowest BCUT2D eigenvalue weighted by Crippen LogP contribution is -2.15. The van der Waals surface area contributed by atoms with E-state index in [9.17, 15) is 9.18 Å². The SMILES string of the molecule is Nc1cn[nH]c1NC(=O)c1c(F)cccc1Br. The van der Waals surface area contributed by atoms with Gasteiger partial charge in [0.2, 0.25) is 0 Å². The van der Waals surface area contributed by atoms with E-state index in [0.29, 0.717) is 4.47 Å². The summed E-state index contributed by atoms with van der Waals surface area (Å²) in [5.74, 6) is -0.981. The van der Waals surface area contributed by atoms with Gasteiger partial charge in [-0.05, 0) is 28.1 Å². The molecule has 2 aromatic rings. The van der Waals surface area contributed by atoms with Gasteiger partial charge in [0.15, 0.2) is 5.82 Å². The van der Waals surface area contributed by atoms with Crippen LogP contribution in [-0.2, 0) is 0 Å². The average molecular weight is 299 g/mol. The number of nitrogens with zero attached hydrogens (tertiary/aromatic N) is 1. The molecule has 1 aromatic heterocycles. The van der Waals surface area contributed by atoms with Gasteiger partial charge in [-0.1, -0.05) is 6.07 Å². The van der Waals surface area contributed by atoms with Gasteiger partial charge in [-0.15, -0.1) is 0 Å². The van der Waals surface area contributed by atoms with Gasteiger partial charge in [0.1, 0.15) is 5.82 Å². The van der Waals surface area contributed by atoms with E-state index in [0.717, 1.165) is 0 Å². The predicted octanol–water partition coefficient (Wildman–Crippen LogP) is 2.15. The number of amides is 1. The molecule has 0 unspecified atom stereocenters. The largest absolute Gasteiger partial charge is 0.394 e. The van der Waals surface area contributed by atoms with Gasteiger partial charge >= 0.3 is 0 Å². The molecular formula is C10H8BrFN4O. The van der Waals surface area contributed by atoms with E-state index < -0.39 is 11.7 Å². The minimum absolute atomic E-state index is 0.0819. The molecule has 1 heterocycles. The number of benzene rings is 1. The second-order valence-electron chi connectivity index (χ2n) is 3.25. The molecule has 88 valence electrons. The highest BCUT2D eigenvalue weighted by molar-refractivity contribution is 9.10. The summed E-state index contributed by atoms with van der Waals surface area (Å²) in [6, 6.07) is 4.28. The fourth-order valence-corrected chi connectivity index (χ4v) is 1.81. The Balaban J connectivity index is 2.30. The van der Waals surface area contributed by atoms with Crippen LogP contribution < -0.4 is 11.1 Å². The Hall–Kier alpha value is -1.89. The summed E-state index contributed by atoms with van der Waals surface area (Å²) in [5, 5.41) is 8.58. The molecule has 4 N–H and O–H groups in total. The minimum atomic E-state index is -0.616. The molecule has 5 nitrogen and oxygen atoms in total. The van der Waals surface area contributed by atoms with Gasteiger partial charge in [-0.3, -0.25) is 9.89 Å². The van der Waals surface area contributed by atoms with E-state index in [-0.39, 0.29) is 17.1 Å². The van der Waals surface area contributed by atoms with Gasteiger partial charge in [0.25, 0.3) is 5.91 Å². The summed E-state index contributed by atoms with van der Waals surface area (Å²) in [4.78, 5) is 11.8. The lowest BCUT2D eigenvalue weighted by Gasteiger charge is -2.06. The van der Waals surface area contributed by atoms with E-state index in [1.54, 1.807) is 6.07 Å². The van der Waals surface area contributed by atoms with Crippen LogP contribution in [0.15, 0.2) is 28.9 Å². The van der Waals surface area contributed by atoms with Crippen molar-refractivity contribution in [2.75, 3.05) is 11.1 Å². The minimum Gasteiger partial charge on any atom is -0.394 e. The average Bonchev–Trinajstić information content (AvgIpc) is 2.64. The van der Waals surface area contributed by atoms with Gasteiger partial charge < -0.3 is 11.1 Å². The van der Waals surface area contributed by atoms with Crippen molar-refractivity contribution in [1.82, 2.24) is 10.2 Å². The molecule has 0 aliphatic carbocycles. The number of H-pyrrole nitrogens is 1. The fraction of sp³-hybridized carbons (Fsp3) is 0. The number of rotatable bonds is 2. The zero-order valence-electron chi connectivity index (χ0n) is 8.50. The van der Waals surface area contributed by atoms with Gasteiger partial charge in [-0.25, -0.2) is 4.39 Å². The Morgan fingerprint density at radius 3 is 2.88 bits per heavy atom. The zero-order chi connectivity index (χ0) is 12.4. The summed E-state index contributed by atoms with van der Waals surface area (Å²) in [6.45, 7) is 0. The van der Waals surface area contributed by atoms with Crippen LogP contribution in [0.4, 0.5) is 15.9 Å². The van der Waals surface area contributed by atoms with Crippen molar-refractivity contribution >= 4 is 33.3 Å². The first-order valence-electron chi connectivity index (χ1n) is 4.64. The summed E-state index contributed by atoms with van der Waals surface area (Å²) in [7, 11) is 0. The van der Waals surface area contributed by atoms with E-state index in [1.807, 2.05) is 0 Å². The molecule has 0 saturated carbocycles. The number of carbonyl (C=O) groups excluding carboxylic acids is 1. The van der Waals surface area contributed by atoms with Crippen molar-refractivity contribution in [3.63, 3.8) is 0 Å². The van der Waals surface area contributed by atoms with Crippen LogP contribution in [0.1, 0.15) is 10.4 Å². The summed E-state index contributed by atoms with van der Waals surface area (Å²) in [6.07, 6.45) is 1.35. The maximum absolute atomic E-state index is 13.5. The number of hydrogen-bond donors (Lipinski definition) is 3. The Bertz CT molecular complexity index is 549. The zero-order valence-corrected chi connectivity index (χ0v) is 10.1. The fourth-order valence-electron chi connectivity index (χ4n) is 1.29. The van der Waals surface area contributed by atoms with Crippen LogP contribution in [0, 0.1) is 5.82 Å². The predicted molar refractivity (Wildman–Crippen MR) is 65.1 cm³/mol. The summed E-state index contributed by atoms with van der Waals surface area (Å²) < 4.78 is 13.9. The molecule has 0 aliphatic rings. The number of anilines is 2. The highest BCUT2D eigenvalue weighted by Crippen LogP contribution is 2.21. The smallest absolute Gasteiger partial charge is 0.260 e. The second-order valence-corrected chi connectivity index (χ2v) is 4.11. The van der Waals surface area contributed by atoms with Crippen LogP contribution in [0.25, 0.3) is 0 Å². The second kappa shape index (κ2) is 4.54. The molecule has 0 atom stereocenters. The van der Waals surface area contributed by atoms with Crippen molar-refractivity contribution < 1.29 is 9.18 Å². The Kier molecular flexibility index (Phi) is 3.10. The number of carbonyl (C=O) groups is 1. The van der Waals surface area contributed by atoms with Crippen molar-refractivity contribution in [1.29, 1.82) is 0 Å². The van der Waals surface area contributed by atoms with Crippen molar-refractivity contribution in [2.45, 2.75) is 0 Å². The molecule has 0 bridgehead atoms. The number of nitrogens with one attached hydrogen (secondary N) is 2. The van der Waals surface area contributed by atoms with Gasteiger partial charge in [0, 0.05) is 4.47 Å². The van der Waals surface area contributed by atoms with E-state index in [4.69, 9.17) is 5.73 Å². The molecule has 2 rings (SSSR count). The Morgan fingerprint density at radius 2 is 2.29 bits per heavy atom. The lowest BCUT2D eigenvalue weighted by molar-refractivity contribution is 0.102. The molecular weight excluding hydrogens is 291 g/mol. The first-order chi connectivity index (χ1) is 8.09. The normalized spacial score (nSPS) is 10.2. The molecule has 0 aliphatic heterocycles. The Morgan fingerprint density at radius 1 is 1.53 bits per heavy atom.